The highest BCUT2D eigenvalue weighted by Crippen LogP contribution is 2.25. The molecule has 0 aliphatic carbocycles. The molecule has 0 saturated carbocycles. The number of hydrogen-bond donors (Lipinski definition) is 1. The van der Waals surface area contributed by atoms with Gasteiger partial charge < -0.3 is 5.73 Å². The lowest BCUT2D eigenvalue weighted by molar-refractivity contribution is 0.401. The van der Waals surface area contributed by atoms with Crippen LogP contribution in [-0.2, 0) is 29.7 Å². The number of benzene rings is 3. The largest absolute Gasteiger partial charge is 0.326 e. The number of hydrogen-bond acceptors (Lipinski definition) is 3. The second-order valence-corrected chi connectivity index (χ2v) is 9.34. The lowest BCUT2D eigenvalue weighted by Crippen LogP contribution is -2.30. The van der Waals surface area contributed by atoms with Crippen molar-refractivity contribution >= 4 is 33.2 Å². The number of rotatable bonds is 7. The highest BCUT2D eigenvalue weighted by Gasteiger charge is 2.25. The van der Waals surface area contributed by atoms with Gasteiger partial charge in [-0.15, -0.1) is 0 Å². The van der Waals surface area contributed by atoms with E-state index in [1.54, 1.807) is 48.5 Å². The van der Waals surface area contributed by atoms with Gasteiger partial charge in [-0.2, -0.15) is 4.31 Å². The minimum atomic E-state index is -3.87. The molecule has 0 fully saturated rings. The molecular formula is C21H19Cl2FN2O2S. The predicted octanol–water partition coefficient (Wildman–Crippen LogP) is 4.98. The molecule has 0 saturated heterocycles. The van der Waals surface area contributed by atoms with Gasteiger partial charge in [0.15, 0.2) is 0 Å². The Labute approximate surface area is 179 Å². The Kier molecular flexibility index (Phi) is 6.93. The highest BCUT2D eigenvalue weighted by molar-refractivity contribution is 7.89. The van der Waals surface area contributed by atoms with Gasteiger partial charge in [0.05, 0.1) is 4.90 Å². The average Bonchev–Trinajstić information content (AvgIpc) is 2.68. The molecule has 0 atom stereocenters. The summed E-state index contributed by atoms with van der Waals surface area (Å²) in [6.45, 7) is 0.331. The molecule has 0 aliphatic heterocycles. The monoisotopic (exact) mass is 452 g/mol. The van der Waals surface area contributed by atoms with Crippen molar-refractivity contribution in [1.29, 1.82) is 0 Å². The minimum absolute atomic E-state index is 0.0485. The van der Waals surface area contributed by atoms with Crippen LogP contribution < -0.4 is 5.73 Å². The van der Waals surface area contributed by atoms with E-state index in [2.05, 4.69) is 0 Å². The summed E-state index contributed by atoms with van der Waals surface area (Å²) in [7, 11) is -3.87. The Morgan fingerprint density at radius 2 is 1.45 bits per heavy atom. The standard InChI is InChI=1S/C21H19Cl2FN2O2S/c22-18-8-17(9-19(23)11-18)14-26(13-15-4-6-20(24)7-5-15)29(27,28)21-3-1-2-16(10-21)12-25/h1-11H,12-14,25H2. The van der Waals surface area contributed by atoms with E-state index >= 15 is 0 Å². The van der Waals surface area contributed by atoms with Gasteiger partial charge in [-0.1, -0.05) is 47.5 Å². The second kappa shape index (κ2) is 9.24. The van der Waals surface area contributed by atoms with Crippen LogP contribution in [0.3, 0.4) is 0 Å². The SMILES string of the molecule is NCc1cccc(S(=O)(=O)N(Cc2ccc(F)cc2)Cc2cc(Cl)cc(Cl)c2)c1. The fourth-order valence-corrected chi connectivity index (χ4v) is 4.97. The Hall–Kier alpha value is -1.96. The van der Waals surface area contributed by atoms with E-state index in [4.69, 9.17) is 28.9 Å². The fourth-order valence-electron chi connectivity index (χ4n) is 2.91. The van der Waals surface area contributed by atoms with Crippen molar-refractivity contribution in [3.05, 3.63) is 99.3 Å². The molecule has 3 aromatic rings. The number of sulfonamides is 1. The van der Waals surface area contributed by atoms with Gasteiger partial charge in [-0.05, 0) is 59.2 Å². The van der Waals surface area contributed by atoms with Gasteiger partial charge in [0.1, 0.15) is 5.82 Å². The van der Waals surface area contributed by atoms with E-state index in [0.29, 0.717) is 26.7 Å². The van der Waals surface area contributed by atoms with Gasteiger partial charge >= 0.3 is 0 Å². The second-order valence-electron chi connectivity index (χ2n) is 6.53. The minimum Gasteiger partial charge on any atom is -0.326 e. The molecule has 152 valence electrons. The first-order chi connectivity index (χ1) is 13.8. The van der Waals surface area contributed by atoms with Crippen LogP contribution in [0.4, 0.5) is 4.39 Å². The van der Waals surface area contributed by atoms with E-state index < -0.39 is 10.0 Å². The molecule has 3 aromatic carbocycles. The summed E-state index contributed by atoms with van der Waals surface area (Å²) < 4.78 is 41.4. The van der Waals surface area contributed by atoms with Crippen molar-refractivity contribution in [3.8, 4) is 0 Å². The van der Waals surface area contributed by atoms with Crippen molar-refractivity contribution in [1.82, 2.24) is 4.31 Å². The third kappa shape index (κ3) is 5.56. The van der Waals surface area contributed by atoms with Gasteiger partial charge in [-0.3, -0.25) is 0 Å². The first-order valence-corrected chi connectivity index (χ1v) is 11.0. The molecule has 3 rings (SSSR count). The number of halogens is 3. The van der Waals surface area contributed by atoms with Gasteiger partial charge in [0.25, 0.3) is 0 Å². The summed E-state index contributed by atoms with van der Waals surface area (Å²) in [5, 5.41) is 0.827. The van der Waals surface area contributed by atoms with Crippen molar-refractivity contribution in [2.75, 3.05) is 0 Å². The van der Waals surface area contributed by atoms with E-state index in [-0.39, 0.29) is 30.3 Å². The van der Waals surface area contributed by atoms with E-state index in [1.165, 1.54) is 22.5 Å². The van der Waals surface area contributed by atoms with Crippen LogP contribution in [0, 0.1) is 5.82 Å². The molecule has 4 nitrogen and oxygen atoms in total. The van der Waals surface area contributed by atoms with Crippen LogP contribution in [0.1, 0.15) is 16.7 Å². The van der Waals surface area contributed by atoms with E-state index in [0.717, 1.165) is 0 Å². The normalized spacial score (nSPS) is 11.8. The Morgan fingerprint density at radius 1 is 0.828 bits per heavy atom. The summed E-state index contributed by atoms with van der Waals surface area (Å²) in [6, 6.07) is 17.1. The maximum absolute atomic E-state index is 13.4. The van der Waals surface area contributed by atoms with Gasteiger partial charge in [-0.25, -0.2) is 12.8 Å². The van der Waals surface area contributed by atoms with E-state index in [1.807, 2.05) is 0 Å². The Balaban J connectivity index is 2.01. The summed E-state index contributed by atoms with van der Waals surface area (Å²) >= 11 is 12.1. The molecular weight excluding hydrogens is 434 g/mol. The van der Waals surface area contributed by atoms with Crippen LogP contribution in [-0.4, -0.2) is 12.7 Å². The Morgan fingerprint density at radius 3 is 2.07 bits per heavy atom. The van der Waals surface area contributed by atoms with Gasteiger partial charge in [0.2, 0.25) is 10.0 Å². The smallest absolute Gasteiger partial charge is 0.243 e. The summed E-state index contributed by atoms with van der Waals surface area (Å²) in [4.78, 5) is 0.135. The fraction of sp³-hybridized carbons (Fsp3) is 0.143. The topological polar surface area (TPSA) is 63.4 Å². The lowest BCUT2D eigenvalue weighted by Gasteiger charge is -2.23. The first-order valence-electron chi connectivity index (χ1n) is 8.76. The molecule has 0 amide bonds. The first kappa shape index (κ1) is 21.7. The van der Waals surface area contributed by atoms with Crippen molar-refractivity contribution in [3.63, 3.8) is 0 Å². The van der Waals surface area contributed by atoms with Crippen LogP contribution >= 0.6 is 23.2 Å². The molecule has 0 spiro atoms. The molecule has 29 heavy (non-hydrogen) atoms. The summed E-state index contributed by atoms with van der Waals surface area (Å²) in [5.41, 5.74) is 7.66. The zero-order chi connectivity index (χ0) is 21.0. The van der Waals surface area contributed by atoms with Crippen LogP contribution in [0.2, 0.25) is 10.0 Å². The zero-order valence-electron chi connectivity index (χ0n) is 15.4. The molecule has 0 heterocycles. The van der Waals surface area contributed by atoms with Crippen molar-refractivity contribution in [2.45, 2.75) is 24.5 Å². The summed E-state index contributed by atoms with van der Waals surface area (Å²) in [5.74, 6) is -0.388. The molecule has 0 aromatic heterocycles. The average molecular weight is 453 g/mol. The van der Waals surface area contributed by atoms with Crippen LogP contribution in [0.5, 0.6) is 0 Å². The van der Waals surface area contributed by atoms with E-state index in [9.17, 15) is 12.8 Å². The van der Waals surface area contributed by atoms with Crippen LogP contribution in [0.25, 0.3) is 0 Å². The predicted molar refractivity (Wildman–Crippen MR) is 114 cm³/mol. The van der Waals surface area contributed by atoms with Crippen molar-refractivity contribution in [2.24, 2.45) is 5.73 Å². The molecule has 0 aliphatic rings. The van der Waals surface area contributed by atoms with Gasteiger partial charge in [0, 0.05) is 29.7 Å². The number of nitrogens with zero attached hydrogens (tertiary/aromatic N) is 1. The van der Waals surface area contributed by atoms with Crippen molar-refractivity contribution < 1.29 is 12.8 Å². The molecule has 8 heteroatoms. The molecule has 0 bridgehead atoms. The molecule has 2 N–H and O–H groups in total. The quantitative estimate of drug-likeness (QED) is 0.549. The maximum Gasteiger partial charge on any atom is 0.243 e. The zero-order valence-corrected chi connectivity index (χ0v) is 17.7. The maximum atomic E-state index is 13.4. The highest BCUT2D eigenvalue weighted by atomic mass is 35.5. The molecule has 0 radical (unpaired) electrons. The lowest BCUT2D eigenvalue weighted by atomic mass is 10.2. The third-order valence-corrected chi connectivity index (χ3v) is 6.55. The molecule has 0 unspecified atom stereocenters. The third-order valence-electron chi connectivity index (χ3n) is 4.33. The number of nitrogens with two attached hydrogens (primary N) is 1. The Bertz CT molecular complexity index is 1090. The summed E-state index contributed by atoms with van der Waals surface area (Å²) in [6.07, 6.45) is 0. The van der Waals surface area contributed by atoms with Crippen LogP contribution in [0.15, 0.2) is 71.6 Å².